The van der Waals surface area contributed by atoms with E-state index in [0.29, 0.717) is 24.4 Å². The molecular weight excluding hydrogens is 272 g/mol. The molecule has 0 unspecified atom stereocenters. The molecule has 0 spiro atoms. The van der Waals surface area contributed by atoms with Crippen molar-refractivity contribution < 1.29 is 0 Å². The molecule has 10 nitrogen and oxygen atoms in total. The van der Waals surface area contributed by atoms with E-state index in [2.05, 4.69) is 40.7 Å². The average Bonchev–Trinajstić information content (AvgIpc) is 3.20. The van der Waals surface area contributed by atoms with Gasteiger partial charge in [0, 0.05) is 32.5 Å². The van der Waals surface area contributed by atoms with Gasteiger partial charge in [0.05, 0.1) is 6.33 Å². The first kappa shape index (κ1) is 13.0. The first-order valence-electron chi connectivity index (χ1n) is 6.33. The summed E-state index contributed by atoms with van der Waals surface area (Å²) in [5.41, 5.74) is 0. The molecule has 0 aromatic carbocycles. The number of hydrogen-bond donors (Lipinski definition) is 2. The molecule has 3 heterocycles. The van der Waals surface area contributed by atoms with Gasteiger partial charge in [-0.1, -0.05) is 0 Å². The number of aromatic nitrogens is 8. The molecule has 0 saturated carbocycles. The van der Waals surface area contributed by atoms with E-state index in [-0.39, 0.29) is 0 Å². The Morgan fingerprint density at radius 3 is 2.71 bits per heavy atom. The molecule has 10 heteroatoms. The number of nitrogens with one attached hydrogen (secondary N) is 2. The maximum atomic E-state index is 4.30. The van der Waals surface area contributed by atoms with Crippen LogP contribution in [0.5, 0.6) is 0 Å². The second-order valence-electron chi connectivity index (χ2n) is 4.10. The fourth-order valence-electron chi connectivity index (χ4n) is 1.69. The van der Waals surface area contributed by atoms with Crippen LogP contribution < -0.4 is 10.6 Å². The van der Waals surface area contributed by atoms with Gasteiger partial charge in [0.25, 0.3) is 5.95 Å². The van der Waals surface area contributed by atoms with E-state index in [1.807, 2.05) is 10.8 Å². The van der Waals surface area contributed by atoms with Crippen molar-refractivity contribution in [1.29, 1.82) is 0 Å². The van der Waals surface area contributed by atoms with Crippen LogP contribution in [0.1, 0.15) is 0 Å². The lowest BCUT2D eigenvalue weighted by Gasteiger charge is -2.08. The number of hydrogen-bond acceptors (Lipinski definition) is 8. The Bertz CT molecular complexity index is 675. The van der Waals surface area contributed by atoms with Crippen molar-refractivity contribution in [1.82, 2.24) is 39.3 Å². The molecule has 0 aliphatic heterocycles. The molecule has 0 radical (unpaired) electrons. The van der Waals surface area contributed by atoms with Gasteiger partial charge in [-0.05, 0) is 0 Å². The summed E-state index contributed by atoms with van der Waals surface area (Å²) in [6.07, 6.45) is 8.35. The third-order valence-electron chi connectivity index (χ3n) is 2.68. The number of rotatable bonds is 6. The monoisotopic (exact) mass is 286 g/mol. The quantitative estimate of drug-likeness (QED) is 0.641. The molecule has 3 aromatic heterocycles. The maximum Gasteiger partial charge on any atom is 0.258 e. The van der Waals surface area contributed by atoms with Gasteiger partial charge in [0.2, 0.25) is 11.9 Å². The van der Waals surface area contributed by atoms with Crippen LogP contribution >= 0.6 is 0 Å². The Morgan fingerprint density at radius 2 is 2.00 bits per heavy atom. The maximum absolute atomic E-state index is 4.30. The lowest BCUT2D eigenvalue weighted by atomic mass is 10.6. The molecular formula is C11H14N10. The Morgan fingerprint density at radius 1 is 1.10 bits per heavy atom. The summed E-state index contributed by atoms with van der Waals surface area (Å²) in [6, 6.07) is 0. The van der Waals surface area contributed by atoms with E-state index >= 15 is 0 Å². The molecule has 0 fully saturated rings. The topological polar surface area (TPSA) is 111 Å². The summed E-state index contributed by atoms with van der Waals surface area (Å²) in [4.78, 5) is 20.6. The van der Waals surface area contributed by atoms with Crippen molar-refractivity contribution in [3.05, 3.63) is 31.4 Å². The number of anilines is 2. The van der Waals surface area contributed by atoms with Gasteiger partial charge >= 0.3 is 0 Å². The predicted octanol–water partition coefficient (Wildman–Crippen LogP) is -0.197. The fourth-order valence-corrected chi connectivity index (χ4v) is 1.69. The highest BCUT2D eigenvalue weighted by Crippen LogP contribution is 2.07. The van der Waals surface area contributed by atoms with E-state index < -0.39 is 0 Å². The molecule has 21 heavy (non-hydrogen) atoms. The molecule has 3 aromatic rings. The SMILES string of the molecule is CNc1nc(NCCn2ccnc2)nc(-n2cncn2)n1. The zero-order valence-electron chi connectivity index (χ0n) is 11.4. The Labute approximate surface area is 120 Å². The second kappa shape index (κ2) is 5.94. The molecule has 0 aliphatic carbocycles. The third kappa shape index (κ3) is 3.11. The van der Waals surface area contributed by atoms with Gasteiger partial charge in [-0.25, -0.2) is 9.97 Å². The Hall–Kier alpha value is -3.04. The number of nitrogens with zero attached hydrogens (tertiary/aromatic N) is 8. The highest BCUT2D eigenvalue weighted by Gasteiger charge is 2.07. The molecule has 108 valence electrons. The first-order valence-corrected chi connectivity index (χ1v) is 6.33. The van der Waals surface area contributed by atoms with Crippen LogP contribution in [0.4, 0.5) is 11.9 Å². The van der Waals surface area contributed by atoms with Crippen LogP contribution in [0, 0.1) is 0 Å². The molecule has 0 saturated heterocycles. The Kier molecular flexibility index (Phi) is 3.67. The number of imidazole rings is 1. The summed E-state index contributed by atoms with van der Waals surface area (Å²) in [5, 5.41) is 10.1. The lowest BCUT2D eigenvalue weighted by molar-refractivity contribution is 0.720. The largest absolute Gasteiger partial charge is 0.357 e. The summed E-state index contributed by atoms with van der Waals surface area (Å²) < 4.78 is 3.44. The van der Waals surface area contributed by atoms with E-state index in [9.17, 15) is 0 Å². The summed E-state index contributed by atoms with van der Waals surface area (Å²) in [7, 11) is 1.75. The molecule has 0 bridgehead atoms. The van der Waals surface area contributed by atoms with Crippen molar-refractivity contribution in [3.63, 3.8) is 0 Å². The molecule has 3 rings (SSSR count). The van der Waals surface area contributed by atoms with Crippen molar-refractivity contribution in [3.8, 4) is 5.95 Å². The highest BCUT2D eigenvalue weighted by molar-refractivity contribution is 5.37. The smallest absolute Gasteiger partial charge is 0.258 e. The minimum absolute atomic E-state index is 0.400. The summed E-state index contributed by atoms with van der Waals surface area (Å²) >= 11 is 0. The van der Waals surface area contributed by atoms with Gasteiger partial charge in [-0.3, -0.25) is 0 Å². The van der Waals surface area contributed by atoms with Crippen LogP contribution in [0.2, 0.25) is 0 Å². The van der Waals surface area contributed by atoms with Crippen molar-refractivity contribution in [2.75, 3.05) is 24.2 Å². The zero-order valence-corrected chi connectivity index (χ0v) is 11.4. The van der Waals surface area contributed by atoms with Crippen LogP contribution in [0.15, 0.2) is 31.4 Å². The van der Waals surface area contributed by atoms with Crippen molar-refractivity contribution in [2.45, 2.75) is 6.54 Å². The molecule has 0 atom stereocenters. The lowest BCUT2D eigenvalue weighted by Crippen LogP contribution is -2.14. The highest BCUT2D eigenvalue weighted by atomic mass is 15.4. The zero-order chi connectivity index (χ0) is 14.5. The normalized spacial score (nSPS) is 10.5. The minimum Gasteiger partial charge on any atom is -0.357 e. The third-order valence-corrected chi connectivity index (χ3v) is 2.68. The van der Waals surface area contributed by atoms with Crippen molar-refractivity contribution >= 4 is 11.9 Å². The van der Waals surface area contributed by atoms with Gasteiger partial charge in [0.1, 0.15) is 12.7 Å². The molecule has 0 amide bonds. The van der Waals surface area contributed by atoms with E-state index in [0.717, 1.165) is 6.54 Å². The van der Waals surface area contributed by atoms with E-state index in [1.165, 1.54) is 17.3 Å². The predicted molar refractivity (Wildman–Crippen MR) is 75.0 cm³/mol. The van der Waals surface area contributed by atoms with Crippen LogP contribution in [0.25, 0.3) is 5.95 Å². The molecule has 0 aliphatic rings. The van der Waals surface area contributed by atoms with Gasteiger partial charge in [0.15, 0.2) is 0 Å². The molecule has 2 N–H and O–H groups in total. The van der Waals surface area contributed by atoms with Gasteiger partial charge in [-0.2, -0.15) is 24.7 Å². The van der Waals surface area contributed by atoms with E-state index in [4.69, 9.17) is 0 Å². The summed E-state index contributed by atoms with van der Waals surface area (Å²) in [6.45, 7) is 1.43. The fraction of sp³-hybridized carbons (Fsp3) is 0.273. The van der Waals surface area contributed by atoms with E-state index in [1.54, 1.807) is 19.6 Å². The first-order chi connectivity index (χ1) is 10.3. The van der Waals surface area contributed by atoms with Crippen LogP contribution in [-0.2, 0) is 6.54 Å². The standard InChI is InChI=1S/C11H14N10/c1-12-9-17-10(15-3-5-20-4-2-13-7-20)19-11(18-9)21-8-14-6-16-21/h2,4,6-8H,3,5H2,1H3,(H2,12,15,17,18,19). The van der Waals surface area contributed by atoms with Crippen molar-refractivity contribution in [2.24, 2.45) is 0 Å². The Balaban J connectivity index is 1.73. The average molecular weight is 286 g/mol. The summed E-state index contributed by atoms with van der Waals surface area (Å²) in [5.74, 6) is 1.33. The van der Waals surface area contributed by atoms with Crippen LogP contribution in [0.3, 0.4) is 0 Å². The van der Waals surface area contributed by atoms with Crippen LogP contribution in [-0.4, -0.2) is 52.9 Å². The van der Waals surface area contributed by atoms with Gasteiger partial charge in [-0.15, -0.1) is 0 Å². The minimum atomic E-state index is 0.400. The van der Waals surface area contributed by atoms with Gasteiger partial charge < -0.3 is 15.2 Å². The second-order valence-corrected chi connectivity index (χ2v) is 4.10.